The molecule has 0 saturated heterocycles. The first kappa shape index (κ1) is 11.2. The summed E-state index contributed by atoms with van der Waals surface area (Å²) in [6.45, 7) is 11.0. The van der Waals surface area contributed by atoms with Crippen LogP contribution in [0.25, 0.3) is 5.65 Å². The lowest BCUT2D eigenvalue weighted by Gasteiger charge is -2.10. The Balaban J connectivity index is 2.75. The van der Waals surface area contributed by atoms with Gasteiger partial charge >= 0.3 is 0 Å². The molecule has 2 heteroatoms. The highest BCUT2D eigenvalue weighted by molar-refractivity contribution is 5.47. The summed E-state index contributed by atoms with van der Waals surface area (Å²) in [5.74, 6) is 0.993. The molecule has 0 aliphatic carbocycles. The van der Waals surface area contributed by atoms with Gasteiger partial charge in [-0.25, -0.2) is 4.98 Å². The molecule has 0 N–H and O–H groups in total. The van der Waals surface area contributed by atoms with Crippen molar-refractivity contribution in [1.29, 1.82) is 0 Å². The van der Waals surface area contributed by atoms with E-state index in [2.05, 4.69) is 57.3 Å². The van der Waals surface area contributed by atoms with Gasteiger partial charge in [0.1, 0.15) is 5.65 Å². The SMILES string of the molecule is Cc1ccn2c(C(C)C)c(C(C)C)nc2c1. The first-order chi connectivity index (χ1) is 7.50. The fourth-order valence-corrected chi connectivity index (χ4v) is 2.18. The molecule has 0 unspecified atom stereocenters. The van der Waals surface area contributed by atoms with Crippen LogP contribution >= 0.6 is 0 Å². The van der Waals surface area contributed by atoms with E-state index in [1.807, 2.05) is 0 Å². The molecule has 0 saturated carbocycles. The maximum atomic E-state index is 4.76. The molecule has 0 aliphatic rings. The van der Waals surface area contributed by atoms with E-state index in [0.717, 1.165) is 5.65 Å². The summed E-state index contributed by atoms with van der Waals surface area (Å²) in [5, 5.41) is 0. The molecule has 2 heterocycles. The van der Waals surface area contributed by atoms with Gasteiger partial charge in [0.25, 0.3) is 0 Å². The normalized spacial score (nSPS) is 11.9. The van der Waals surface area contributed by atoms with Crippen LogP contribution in [0.2, 0.25) is 0 Å². The van der Waals surface area contributed by atoms with Crippen molar-refractivity contribution in [2.75, 3.05) is 0 Å². The van der Waals surface area contributed by atoms with Crippen LogP contribution in [0, 0.1) is 6.92 Å². The number of rotatable bonds is 2. The Morgan fingerprint density at radius 2 is 1.81 bits per heavy atom. The number of hydrogen-bond donors (Lipinski definition) is 0. The highest BCUT2D eigenvalue weighted by atomic mass is 15.0. The zero-order valence-corrected chi connectivity index (χ0v) is 10.8. The lowest BCUT2D eigenvalue weighted by molar-refractivity contribution is 0.745. The summed E-state index contributed by atoms with van der Waals surface area (Å²) in [4.78, 5) is 4.76. The van der Waals surface area contributed by atoms with E-state index in [0.29, 0.717) is 11.8 Å². The Morgan fingerprint density at radius 1 is 1.12 bits per heavy atom. The first-order valence-corrected chi connectivity index (χ1v) is 5.99. The minimum absolute atomic E-state index is 0.484. The maximum Gasteiger partial charge on any atom is 0.137 e. The largest absolute Gasteiger partial charge is 0.304 e. The van der Waals surface area contributed by atoms with Crippen molar-refractivity contribution in [3.05, 3.63) is 35.3 Å². The van der Waals surface area contributed by atoms with E-state index in [4.69, 9.17) is 4.98 Å². The average molecular weight is 216 g/mol. The Kier molecular flexibility index (Phi) is 2.75. The molecule has 0 bridgehead atoms. The Labute approximate surface area is 97.3 Å². The highest BCUT2D eigenvalue weighted by Crippen LogP contribution is 2.27. The molecule has 0 aromatic carbocycles. The van der Waals surface area contributed by atoms with Crippen molar-refractivity contribution < 1.29 is 0 Å². The van der Waals surface area contributed by atoms with E-state index < -0.39 is 0 Å². The highest BCUT2D eigenvalue weighted by Gasteiger charge is 2.17. The smallest absolute Gasteiger partial charge is 0.137 e. The summed E-state index contributed by atoms with van der Waals surface area (Å²) < 4.78 is 2.23. The van der Waals surface area contributed by atoms with Crippen LogP contribution in [0.3, 0.4) is 0 Å². The monoisotopic (exact) mass is 216 g/mol. The third kappa shape index (κ3) is 1.73. The van der Waals surface area contributed by atoms with E-state index in [1.54, 1.807) is 0 Å². The van der Waals surface area contributed by atoms with Gasteiger partial charge in [-0.1, -0.05) is 27.7 Å². The van der Waals surface area contributed by atoms with Crippen molar-refractivity contribution in [2.45, 2.75) is 46.5 Å². The van der Waals surface area contributed by atoms with Crippen molar-refractivity contribution in [3.8, 4) is 0 Å². The van der Waals surface area contributed by atoms with E-state index in [-0.39, 0.29) is 0 Å². The van der Waals surface area contributed by atoms with Gasteiger partial charge in [-0.3, -0.25) is 0 Å². The molecule has 0 aliphatic heterocycles. The van der Waals surface area contributed by atoms with Crippen LogP contribution < -0.4 is 0 Å². The van der Waals surface area contributed by atoms with Gasteiger partial charge in [0.2, 0.25) is 0 Å². The predicted octanol–water partition coefficient (Wildman–Crippen LogP) is 3.89. The second-order valence-corrected chi connectivity index (χ2v) is 5.12. The van der Waals surface area contributed by atoms with Crippen molar-refractivity contribution >= 4 is 5.65 Å². The minimum atomic E-state index is 0.484. The van der Waals surface area contributed by atoms with Crippen LogP contribution in [0.1, 0.15) is 56.5 Å². The predicted molar refractivity (Wildman–Crippen MR) is 68.1 cm³/mol. The average Bonchev–Trinajstić information content (AvgIpc) is 2.55. The van der Waals surface area contributed by atoms with Gasteiger partial charge in [0, 0.05) is 11.9 Å². The number of hydrogen-bond acceptors (Lipinski definition) is 1. The zero-order chi connectivity index (χ0) is 11.9. The molecule has 0 amide bonds. The molecule has 0 fully saturated rings. The number of imidazole rings is 1. The van der Waals surface area contributed by atoms with Crippen molar-refractivity contribution in [2.24, 2.45) is 0 Å². The number of aromatic nitrogens is 2. The molecule has 2 aromatic heterocycles. The molecule has 0 spiro atoms. The molecule has 2 rings (SSSR count). The number of fused-ring (bicyclic) bond motifs is 1. The van der Waals surface area contributed by atoms with Gasteiger partial charge in [-0.05, 0) is 36.5 Å². The molecule has 2 nitrogen and oxygen atoms in total. The van der Waals surface area contributed by atoms with Crippen LogP contribution in [-0.4, -0.2) is 9.38 Å². The quantitative estimate of drug-likeness (QED) is 0.744. The Morgan fingerprint density at radius 3 is 2.38 bits per heavy atom. The van der Waals surface area contributed by atoms with Crippen molar-refractivity contribution in [1.82, 2.24) is 9.38 Å². The van der Waals surface area contributed by atoms with E-state index in [9.17, 15) is 0 Å². The van der Waals surface area contributed by atoms with Gasteiger partial charge in [-0.2, -0.15) is 0 Å². The fourth-order valence-electron chi connectivity index (χ4n) is 2.18. The molecule has 0 radical (unpaired) electrons. The summed E-state index contributed by atoms with van der Waals surface area (Å²) in [5.41, 5.74) is 4.93. The third-order valence-electron chi connectivity index (χ3n) is 2.94. The Hall–Kier alpha value is -1.31. The van der Waals surface area contributed by atoms with Crippen LogP contribution in [0.4, 0.5) is 0 Å². The molecule has 2 aromatic rings. The molecule has 0 atom stereocenters. The summed E-state index contributed by atoms with van der Waals surface area (Å²) in [7, 11) is 0. The number of aryl methyl sites for hydroxylation is 1. The van der Waals surface area contributed by atoms with Gasteiger partial charge in [-0.15, -0.1) is 0 Å². The van der Waals surface area contributed by atoms with Crippen molar-refractivity contribution in [3.63, 3.8) is 0 Å². The number of nitrogens with zero attached hydrogens (tertiary/aromatic N) is 2. The molecular weight excluding hydrogens is 196 g/mol. The van der Waals surface area contributed by atoms with Gasteiger partial charge in [0.15, 0.2) is 0 Å². The van der Waals surface area contributed by atoms with E-state index in [1.165, 1.54) is 17.0 Å². The second kappa shape index (κ2) is 3.93. The summed E-state index contributed by atoms with van der Waals surface area (Å²) in [6, 6.07) is 4.29. The minimum Gasteiger partial charge on any atom is -0.304 e. The van der Waals surface area contributed by atoms with Gasteiger partial charge in [0.05, 0.1) is 5.69 Å². The lowest BCUT2D eigenvalue weighted by Crippen LogP contribution is -2.00. The first-order valence-electron chi connectivity index (χ1n) is 5.99. The lowest BCUT2D eigenvalue weighted by atomic mass is 10.0. The Bertz CT molecular complexity index is 507. The standard InChI is InChI=1S/C14H20N2/c1-9(2)13-14(10(3)4)16-7-6-11(5)8-12(16)15-13/h6-10H,1-5H3. The topological polar surface area (TPSA) is 17.3 Å². The number of pyridine rings is 1. The summed E-state index contributed by atoms with van der Waals surface area (Å²) in [6.07, 6.45) is 2.14. The summed E-state index contributed by atoms with van der Waals surface area (Å²) >= 11 is 0. The molecular formula is C14H20N2. The fraction of sp³-hybridized carbons (Fsp3) is 0.500. The second-order valence-electron chi connectivity index (χ2n) is 5.12. The molecule has 16 heavy (non-hydrogen) atoms. The maximum absolute atomic E-state index is 4.76. The van der Waals surface area contributed by atoms with Crippen LogP contribution in [0.15, 0.2) is 18.3 Å². The van der Waals surface area contributed by atoms with E-state index >= 15 is 0 Å². The van der Waals surface area contributed by atoms with Gasteiger partial charge < -0.3 is 4.40 Å². The van der Waals surface area contributed by atoms with Crippen LogP contribution in [0.5, 0.6) is 0 Å². The third-order valence-corrected chi connectivity index (χ3v) is 2.94. The molecule has 86 valence electrons. The zero-order valence-electron chi connectivity index (χ0n) is 10.8. The van der Waals surface area contributed by atoms with Crippen LogP contribution in [-0.2, 0) is 0 Å².